The summed E-state index contributed by atoms with van der Waals surface area (Å²) in [5.74, 6) is 1.29. The van der Waals surface area contributed by atoms with Crippen molar-refractivity contribution >= 4 is 5.69 Å². The van der Waals surface area contributed by atoms with Gasteiger partial charge >= 0.3 is 0 Å². The van der Waals surface area contributed by atoms with E-state index in [0.717, 1.165) is 41.6 Å². The number of likely N-dealkylation sites (N-methyl/N-ethyl adjacent to an activating group) is 1. The maximum Gasteiger partial charge on any atom is 0.159 e. The molecule has 0 aliphatic carbocycles. The Balaban J connectivity index is 1.98. The number of anilines is 1. The standard InChI is InChI=1S/C16H20N4/c1-11-8-15(13-6-7-20(2)10-13)19-16(18-11)12-4-3-5-14(17)9-12/h3-5,8-9,13H,6-7,10,17H2,1-2H3. The van der Waals surface area contributed by atoms with Gasteiger partial charge in [0.25, 0.3) is 0 Å². The van der Waals surface area contributed by atoms with Crippen LogP contribution in [0.2, 0.25) is 0 Å². The molecule has 4 heteroatoms. The maximum absolute atomic E-state index is 5.85. The third-order valence-corrected chi connectivity index (χ3v) is 3.83. The van der Waals surface area contributed by atoms with E-state index in [2.05, 4.69) is 23.0 Å². The third kappa shape index (κ3) is 2.65. The van der Waals surface area contributed by atoms with Gasteiger partial charge in [-0.05, 0) is 45.1 Å². The van der Waals surface area contributed by atoms with Gasteiger partial charge in [-0.3, -0.25) is 0 Å². The van der Waals surface area contributed by atoms with Gasteiger partial charge in [0.1, 0.15) is 0 Å². The molecule has 3 rings (SSSR count). The first-order valence-corrected chi connectivity index (χ1v) is 7.02. The molecule has 1 unspecified atom stereocenters. The predicted molar refractivity (Wildman–Crippen MR) is 81.5 cm³/mol. The lowest BCUT2D eigenvalue weighted by atomic mass is 10.0. The van der Waals surface area contributed by atoms with Gasteiger partial charge in [0.15, 0.2) is 5.82 Å². The van der Waals surface area contributed by atoms with E-state index in [9.17, 15) is 0 Å². The lowest BCUT2D eigenvalue weighted by Gasteiger charge is -2.12. The number of rotatable bonds is 2. The minimum absolute atomic E-state index is 0.515. The Labute approximate surface area is 119 Å². The van der Waals surface area contributed by atoms with Crippen molar-refractivity contribution in [3.8, 4) is 11.4 Å². The van der Waals surface area contributed by atoms with E-state index >= 15 is 0 Å². The van der Waals surface area contributed by atoms with Crippen molar-refractivity contribution in [2.75, 3.05) is 25.9 Å². The molecule has 1 saturated heterocycles. The van der Waals surface area contributed by atoms with Crippen LogP contribution in [-0.2, 0) is 0 Å². The van der Waals surface area contributed by atoms with Crippen molar-refractivity contribution in [1.29, 1.82) is 0 Å². The summed E-state index contributed by atoms with van der Waals surface area (Å²) in [5.41, 5.74) is 9.75. The number of hydrogen-bond donors (Lipinski definition) is 1. The molecule has 2 N–H and O–H groups in total. The van der Waals surface area contributed by atoms with Gasteiger partial charge in [-0.25, -0.2) is 9.97 Å². The molecule has 0 radical (unpaired) electrons. The van der Waals surface area contributed by atoms with Crippen LogP contribution in [0, 0.1) is 6.92 Å². The molecule has 1 aliphatic heterocycles. The fourth-order valence-electron chi connectivity index (χ4n) is 2.79. The molecule has 0 amide bonds. The van der Waals surface area contributed by atoms with E-state index in [1.807, 2.05) is 31.2 Å². The Hall–Kier alpha value is -1.94. The summed E-state index contributed by atoms with van der Waals surface area (Å²) >= 11 is 0. The second-order valence-corrected chi connectivity index (χ2v) is 5.63. The zero-order valence-corrected chi connectivity index (χ0v) is 12.0. The van der Waals surface area contributed by atoms with E-state index in [1.54, 1.807) is 0 Å². The first-order valence-electron chi connectivity index (χ1n) is 7.02. The quantitative estimate of drug-likeness (QED) is 0.850. The predicted octanol–water partition coefficient (Wildman–Crippen LogP) is 2.45. The molecule has 20 heavy (non-hydrogen) atoms. The molecule has 2 aromatic rings. The summed E-state index contributed by atoms with van der Waals surface area (Å²) in [6, 6.07) is 9.88. The molecule has 1 atom stereocenters. The van der Waals surface area contributed by atoms with Gasteiger partial charge in [-0.15, -0.1) is 0 Å². The topological polar surface area (TPSA) is 55.0 Å². The highest BCUT2D eigenvalue weighted by Gasteiger charge is 2.23. The van der Waals surface area contributed by atoms with Crippen LogP contribution < -0.4 is 5.73 Å². The Morgan fingerprint density at radius 2 is 2.10 bits per heavy atom. The molecular formula is C16H20N4. The molecule has 1 aliphatic rings. The van der Waals surface area contributed by atoms with Crippen LogP contribution in [-0.4, -0.2) is 35.0 Å². The number of benzene rings is 1. The lowest BCUT2D eigenvalue weighted by molar-refractivity contribution is 0.410. The minimum atomic E-state index is 0.515. The van der Waals surface area contributed by atoms with E-state index < -0.39 is 0 Å². The number of aromatic nitrogens is 2. The molecular weight excluding hydrogens is 248 g/mol. The monoisotopic (exact) mass is 268 g/mol. The van der Waals surface area contributed by atoms with Crippen molar-refractivity contribution in [1.82, 2.24) is 14.9 Å². The number of aryl methyl sites for hydroxylation is 1. The zero-order chi connectivity index (χ0) is 14.1. The van der Waals surface area contributed by atoms with Crippen LogP contribution in [0.5, 0.6) is 0 Å². The number of nitrogens with two attached hydrogens (primary N) is 1. The number of hydrogen-bond acceptors (Lipinski definition) is 4. The third-order valence-electron chi connectivity index (χ3n) is 3.83. The van der Waals surface area contributed by atoms with Gasteiger partial charge in [-0.1, -0.05) is 12.1 Å². The fourth-order valence-corrected chi connectivity index (χ4v) is 2.79. The highest BCUT2D eigenvalue weighted by Crippen LogP contribution is 2.27. The molecule has 1 aromatic carbocycles. The van der Waals surface area contributed by atoms with Crippen LogP contribution in [0.3, 0.4) is 0 Å². The van der Waals surface area contributed by atoms with Crippen molar-refractivity contribution < 1.29 is 0 Å². The van der Waals surface area contributed by atoms with E-state index in [0.29, 0.717) is 5.92 Å². The van der Waals surface area contributed by atoms with E-state index in [-0.39, 0.29) is 0 Å². The van der Waals surface area contributed by atoms with Crippen LogP contribution >= 0.6 is 0 Å². The van der Waals surface area contributed by atoms with Crippen LogP contribution in [0.15, 0.2) is 30.3 Å². The molecule has 0 bridgehead atoms. The highest BCUT2D eigenvalue weighted by atomic mass is 15.1. The number of nitrogens with zero attached hydrogens (tertiary/aromatic N) is 3. The Morgan fingerprint density at radius 1 is 1.25 bits per heavy atom. The van der Waals surface area contributed by atoms with Crippen molar-refractivity contribution in [2.45, 2.75) is 19.3 Å². The average Bonchev–Trinajstić information content (AvgIpc) is 2.85. The van der Waals surface area contributed by atoms with Gasteiger partial charge in [0, 0.05) is 35.1 Å². The molecule has 4 nitrogen and oxygen atoms in total. The van der Waals surface area contributed by atoms with E-state index in [1.165, 1.54) is 6.42 Å². The van der Waals surface area contributed by atoms with Crippen LogP contribution in [0.1, 0.15) is 23.7 Å². The second kappa shape index (κ2) is 5.21. The Bertz CT molecular complexity index is 624. The molecule has 1 fully saturated rings. The van der Waals surface area contributed by atoms with Gasteiger partial charge < -0.3 is 10.6 Å². The number of nitrogen functional groups attached to an aromatic ring is 1. The summed E-state index contributed by atoms with van der Waals surface area (Å²) in [7, 11) is 2.16. The van der Waals surface area contributed by atoms with Crippen LogP contribution in [0.4, 0.5) is 5.69 Å². The summed E-state index contributed by atoms with van der Waals surface area (Å²) in [6.07, 6.45) is 1.17. The normalized spacial score (nSPS) is 19.4. The van der Waals surface area contributed by atoms with Crippen molar-refractivity contribution in [2.24, 2.45) is 0 Å². The van der Waals surface area contributed by atoms with Crippen molar-refractivity contribution in [3.05, 3.63) is 41.7 Å². The summed E-state index contributed by atoms with van der Waals surface area (Å²) in [4.78, 5) is 11.7. The first-order chi connectivity index (χ1) is 9.61. The molecule has 104 valence electrons. The fraction of sp³-hybridized carbons (Fsp3) is 0.375. The highest BCUT2D eigenvalue weighted by molar-refractivity contribution is 5.61. The Kier molecular flexibility index (Phi) is 3.40. The summed E-state index contributed by atoms with van der Waals surface area (Å²) in [5, 5.41) is 0. The zero-order valence-electron chi connectivity index (χ0n) is 12.0. The van der Waals surface area contributed by atoms with Crippen molar-refractivity contribution in [3.63, 3.8) is 0 Å². The smallest absolute Gasteiger partial charge is 0.159 e. The molecule has 0 spiro atoms. The molecule has 2 heterocycles. The van der Waals surface area contributed by atoms with Gasteiger partial charge in [0.05, 0.1) is 0 Å². The van der Waals surface area contributed by atoms with Crippen LogP contribution in [0.25, 0.3) is 11.4 Å². The first kappa shape index (κ1) is 13.1. The average molecular weight is 268 g/mol. The van der Waals surface area contributed by atoms with E-state index in [4.69, 9.17) is 10.7 Å². The maximum atomic E-state index is 5.85. The van der Waals surface area contributed by atoms with Gasteiger partial charge in [0.2, 0.25) is 0 Å². The largest absolute Gasteiger partial charge is 0.399 e. The SMILES string of the molecule is Cc1cc(C2CCN(C)C2)nc(-c2cccc(N)c2)n1. The summed E-state index contributed by atoms with van der Waals surface area (Å²) < 4.78 is 0. The lowest BCUT2D eigenvalue weighted by Crippen LogP contribution is -2.14. The summed E-state index contributed by atoms with van der Waals surface area (Å²) in [6.45, 7) is 4.24. The van der Waals surface area contributed by atoms with Gasteiger partial charge in [-0.2, -0.15) is 0 Å². The minimum Gasteiger partial charge on any atom is -0.399 e. The second-order valence-electron chi connectivity index (χ2n) is 5.63. The Morgan fingerprint density at radius 3 is 2.80 bits per heavy atom. The molecule has 0 saturated carbocycles. The number of likely N-dealkylation sites (tertiary alicyclic amines) is 1. The molecule has 1 aromatic heterocycles.